The number of carbonyl (C=O) groups is 2. The first kappa shape index (κ1) is 19.1. The van der Waals surface area contributed by atoms with Crippen molar-refractivity contribution in [1.29, 1.82) is 0 Å². The molecule has 1 heterocycles. The monoisotopic (exact) mass is 398 g/mol. The number of fused-ring (bicyclic) bond motifs is 1. The molecule has 148 valence electrons. The molecule has 0 fully saturated rings. The predicted octanol–water partition coefficient (Wildman–Crippen LogP) is 4.61. The lowest BCUT2D eigenvalue weighted by molar-refractivity contribution is 0.101. The molecule has 2 amide bonds. The molecule has 0 radical (unpaired) electrons. The van der Waals surface area contributed by atoms with E-state index < -0.39 is 5.63 Å². The van der Waals surface area contributed by atoms with Crippen LogP contribution in [0.2, 0.25) is 0 Å². The van der Waals surface area contributed by atoms with Crippen LogP contribution in [0.4, 0.5) is 11.4 Å². The lowest BCUT2D eigenvalue weighted by atomic mass is 10.1. The first-order valence-corrected chi connectivity index (χ1v) is 9.32. The Morgan fingerprint density at radius 2 is 1.53 bits per heavy atom. The molecule has 0 aliphatic rings. The maximum Gasteiger partial charge on any atom is 0.336 e. The van der Waals surface area contributed by atoms with Crippen LogP contribution in [0, 0.1) is 6.92 Å². The summed E-state index contributed by atoms with van der Waals surface area (Å²) in [4.78, 5) is 36.5. The van der Waals surface area contributed by atoms with Gasteiger partial charge in [0.1, 0.15) is 5.58 Å². The lowest BCUT2D eigenvalue weighted by Crippen LogP contribution is -2.15. The molecule has 0 unspecified atom stereocenters. The van der Waals surface area contributed by atoms with E-state index in [9.17, 15) is 14.4 Å². The highest BCUT2D eigenvalue weighted by Crippen LogP contribution is 2.21. The van der Waals surface area contributed by atoms with Gasteiger partial charge < -0.3 is 15.1 Å². The molecule has 6 heteroatoms. The van der Waals surface area contributed by atoms with Crippen molar-refractivity contribution in [3.8, 4) is 0 Å². The van der Waals surface area contributed by atoms with Crippen LogP contribution in [-0.4, -0.2) is 11.8 Å². The van der Waals surface area contributed by atoms with Crippen LogP contribution in [0.1, 0.15) is 26.3 Å². The largest absolute Gasteiger partial charge is 0.423 e. The molecule has 0 aliphatic heterocycles. The molecule has 30 heavy (non-hydrogen) atoms. The Bertz CT molecular complexity index is 1310. The number of benzene rings is 3. The predicted molar refractivity (Wildman–Crippen MR) is 116 cm³/mol. The summed E-state index contributed by atoms with van der Waals surface area (Å²) in [7, 11) is 0. The third kappa shape index (κ3) is 4.12. The summed E-state index contributed by atoms with van der Waals surface area (Å²) in [5.74, 6) is -0.561. The molecule has 1 aromatic heterocycles. The minimum atomic E-state index is -0.427. The van der Waals surface area contributed by atoms with Crippen molar-refractivity contribution in [3.63, 3.8) is 0 Å². The third-order valence-electron chi connectivity index (χ3n) is 4.66. The number of hydrogen-bond acceptors (Lipinski definition) is 4. The Kier molecular flexibility index (Phi) is 5.13. The Labute approximate surface area is 172 Å². The number of amides is 2. The van der Waals surface area contributed by atoms with Crippen LogP contribution in [0.15, 0.2) is 88.1 Å². The molecular formula is C24H18N2O4. The Balaban J connectivity index is 1.54. The molecule has 2 N–H and O–H groups in total. The van der Waals surface area contributed by atoms with Crippen molar-refractivity contribution in [2.24, 2.45) is 0 Å². The van der Waals surface area contributed by atoms with E-state index in [0.717, 1.165) is 5.56 Å². The van der Waals surface area contributed by atoms with E-state index in [4.69, 9.17) is 4.42 Å². The van der Waals surface area contributed by atoms with Gasteiger partial charge in [0.2, 0.25) is 0 Å². The van der Waals surface area contributed by atoms with Crippen LogP contribution >= 0.6 is 0 Å². The summed E-state index contributed by atoms with van der Waals surface area (Å²) in [5, 5.41) is 6.38. The summed E-state index contributed by atoms with van der Waals surface area (Å²) in [6.45, 7) is 1.86. The third-order valence-corrected chi connectivity index (χ3v) is 4.66. The van der Waals surface area contributed by atoms with Crippen LogP contribution in [0.3, 0.4) is 0 Å². The highest BCUT2D eigenvalue weighted by atomic mass is 16.4. The quantitative estimate of drug-likeness (QED) is 0.492. The van der Waals surface area contributed by atoms with Crippen molar-refractivity contribution in [2.75, 3.05) is 10.6 Å². The first-order chi connectivity index (χ1) is 14.5. The Hall–Kier alpha value is -4.19. The van der Waals surface area contributed by atoms with Gasteiger partial charge in [-0.1, -0.05) is 24.3 Å². The second-order valence-corrected chi connectivity index (χ2v) is 6.81. The van der Waals surface area contributed by atoms with Crippen LogP contribution in [-0.2, 0) is 0 Å². The molecule has 0 spiro atoms. The van der Waals surface area contributed by atoms with Gasteiger partial charge in [-0.2, -0.15) is 0 Å². The van der Waals surface area contributed by atoms with E-state index in [1.807, 2.05) is 13.0 Å². The average molecular weight is 398 g/mol. The van der Waals surface area contributed by atoms with Crippen molar-refractivity contribution >= 4 is 34.2 Å². The SMILES string of the molecule is Cc1ccc(C(=O)Nc2ccc3oc(=O)ccc3c2)cc1NC(=O)c1ccccc1. The molecule has 0 saturated heterocycles. The van der Waals surface area contributed by atoms with Gasteiger partial charge >= 0.3 is 5.63 Å². The fraction of sp³-hybridized carbons (Fsp3) is 0.0417. The van der Waals surface area contributed by atoms with Crippen LogP contribution in [0.5, 0.6) is 0 Å². The van der Waals surface area contributed by atoms with Gasteiger partial charge in [-0.05, 0) is 61.0 Å². The molecule has 4 rings (SSSR count). The van der Waals surface area contributed by atoms with Gasteiger partial charge in [-0.25, -0.2) is 4.79 Å². The molecule has 0 bridgehead atoms. The smallest absolute Gasteiger partial charge is 0.336 e. The average Bonchev–Trinajstić information content (AvgIpc) is 2.76. The number of aryl methyl sites for hydroxylation is 1. The van der Waals surface area contributed by atoms with Gasteiger partial charge in [0.25, 0.3) is 11.8 Å². The normalized spacial score (nSPS) is 10.6. The fourth-order valence-corrected chi connectivity index (χ4v) is 3.03. The number of rotatable bonds is 4. The first-order valence-electron chi connectivity index (χ1n) is 9.32. The maximum atomic E-state index is 12.7. The summed E-state index contributed by atoms with van der Waals surface area (Å²) < 4.78 is 5.10. The van der Waals surface area contributed by atoms with Crippen LogP contribution < -0.4 is 16.3 Å². The summed E-state index contributed by atoms with van der Waals surface area (Å²) in [6.07, 6.45) is 0. The van der Waals surface area contributed by atoms with Gasteiger partial charge in [-0.3, -0.25) is 9.59 Å². The summed E-state index contributed by atoms with van der Waals surface area (Å²) in [6, 6.07) is 22.0. The number of nitrogens with one attached hydrogen (secondary N) is 2. The van der Waals surface area contributed by atoms with E-state index in [1.165, 1.54) is 6.07 Å². The van der Waals surface area contributed by atoms with E-state index in [2.05, 4.69) is 10.6 Å². The summed E-state index contributed by atoms with van der Waals surface area (Å²) in [5.41, 5.74) is 2.94. The number of anilines is 2. The molecule has 4 aromatic rings. The zero-order valence-corrected chi connectivity index (χ0v) is 16.1. The van der Waals surface area contributed by atoms with Crippen LogP contribution in [0.25, 0.3) is 11.0 Å². The maximum absolute atomic E-state index is 12.7. The molecule has 0 atom stereocenters. The van der Waals surface area contributed by atoms with Gasteiger partial charge in [0.15, 0.2) is 0 Å². The fourth-order valence-electron chi connectivity index (χ4n) is 3.03. The zero-order valence-electron chi connectivity index (χ0n) is 16.1. The minimum Gasteiger partial charge on any atom is -0.423 e. The van der Waals surface area contributed by atoms with Crippen molar-refractivity contribution in [2.45, 2.75) is 6.92 Å². The number of hydrogen-bond donors (Lipinski definition) is 2. The minimum absolute atomic E-state index is 0.243. The van der Waals surface area contributed by atoms with Crippen molar-refractivity contribution < 1.29 is 14.0 Å². The second-order valence-electron chi connectivity index (χ2n) is 6.81. The molecule has 0 aliphatic carbocycles. The van der Waals surface area contributed by atoms with Crippen molar-refractivity contribution in [1.82, 2.24) is 0 Å². The standard InChI is InChI=1S/C24H18N2O4/c1-15-7-8-18(14-20(15)26-23(28)16-5-3-2-4-6-16)24(29)25-19-10-11-21-17(13-19)9-12-22(27)30-21/h2-14H,1H3,(H,25,29)(H,26,28). The number of carbonyl (C=O) groups excluding carboxylic acids is 2. The lowest BCUT2D eigenvalue weighted by Gasteiger charge is -2.11. The molecule has 3 aromatic carbocycles. The highest BCUT2D eigenvalue weighted by molar-refractivity contribution is 6.08. The van der Waals surface area contributed by atoms with E-state index in [0.29, 0.717) is 33.5 Å². The Morgan fingerprint density at radius 3 is 2.33 bits per heavy atom. The van der Waals surface area contributed by atoms with Crippen molar-refractivity contribution in [3.05, 3.63) is 106 Å². The van der Waals surface area contributed by atoms with E-state index in [-0.39, 0.29) is 11.8 Å². The Morgan fingerprint density at radius 1 is 0.767 bits per heavy atom. The molecule has 6 nitrogen and oxygen atoms in total. The molecule has 0 saturated carbocycles. The summed E-state index contributed by atoms with van der Waals surface area (Å²) >= 11 is 0. The van der Waals surface area contributed by atoms with Gasteiger partial charge in [0, 0.05) is 34.0 Å². The molecular weight excluding hydrogens is 380 g/mol. The highest BCUT2D eigenvalue weighted by Gasteiger charge is 2.12. The second kappa shape index (κ2) is 8.05. The van der Waals surface area contributed by atoms with Gasteiger partial charge in [-0.15, -0.1) is 0 Å². The van der Waals surface area contributed by atoms with Gasteiger partial charge in [0.05, 0.1) is 0 Å². The van der Waals surface area contributed by atoms with E-state index in [1.54, 1.807) is 66.7 Å². The van der Waals surface area contributed by atoms with E-state index >= 15 is 0 Å². The topological polar surface area (TPSA) is 88.4 Å². The zero-order chi connectivity index (χ0) is 21.1.